The number of para-hydroxylation sites is 1. The van der Waals surface area contributed by atoms with Crippen molar-refractivity contribution in [2.75, 3.05) is 6.54 Å². The maximum absolute atomic E-state index is 12.4. The van der Waals surface area contributed by atoms with Crippen LogP contribution in [0.1, 0.15) is 65.9 Å². The lowest BCUT2D eigenvalue weighted by Crippen LogP contribution is -2.42. The number of rotatable bonds is 16. The Kier molecular flexibility index (Phi) is 14.8. The molecule has 2 aromatic carbocycles. The molecule has 0 fully saturated rings. The second kappa shape index (κ2) is 18.3. The van der Waals surface area contributed by atoms with Crippen LogP contribution in [0.25, 0.3) is 0 Å². The molecule has 12 nitrogen and oxygen atoms in total. The summed E-state index contributed by atoms with van der Waals surface area (Å²) in [6.07, 6.45) is -1.59. The first-order valence-electron chi connectivity index (χ1n) is 14.3. The van der Waals surface area contributed by atoms with Crippen LogP contribution in [-0.2, 0) is 25.4 Å². The molecule has 43 heavy (non-hydrogen) atoms. The molecule has 236 valence electrons. The van der Waals surface area contributed by atoms with Crippen molar-refractivity contribution in [3.63, 3.8) is 0 Å². The van der Waals surface area contributed by atoms with Gasteiger partial charge in [-0.3, -0.25) is 4.79 Å². The predicted molar refractivity (Wildman–Crippen MR) is 156 cm³/mol. The molecular formula is C31H41NO11. The lowest BCUT2D eigenvalue weighted by Gasteiger charge is -2.19. The number of benzene rings is 2. The van der Waals surface area contributed by atoms with Crippen LogP contribution in [0, 0.1) is 0 Å². The molecular weight excluding hydrogens is 562 g/mol. The second-order valence-corrected chi connectivity index (χ2v) is 10.0. The molecule has 0 spiro atoms. The van der Waals surface area contributed by atoms with E-state index in [2.05, 4.69) is 5.32 Å². The van der Waals surface area contributed by atoms with Gasteiger partial charge in [0.05, 0.1) is 0 Å². The Bertz CT molecular complexity index is 1190. The Morgan fingerprint density at radius 1 is 0.721 bits per heavy atom. The quantitative estimate of drug-likeness (QED) is 0.126. The summed E-state index contributed by atoms with van der Waals surface area (Å²) in [5.41, 5.74) is 0.446. The fourth-order valence-corrected chi connectivity index (χ4v) is 3.94. The van der Waals surface area contributed by atoms with E-state index in [0.717, 1.165) is 12.8 Å². The minimum atomic E-state index is -1.16. The van der Waals surface area contributed by atoms with Crippen LogP contribution >= 0.6 is 0 Å². The van der Waals surface area contributed by atoms with E-state index in [1.54, 1.807) is 51.1 Å². The van der Waals surface area contributed by atoms with Crippen molar-refractivity contribution in [3.8, 4) is 17.2 Å². The van der Waals surface area contributed by atoms with Crippen molar-refractivity contribution in [3.05, 3.63) is 54.1 Å². The molecule has 0 saturated carbocycles. The third-order valence-corrected chi connectivity index (χ3v) is 6.01. The SMILES string of the molecule is CCCC(C)OC(=O)Oc1ccc(C[C@H](NCC(C)OC(=O)Oc2ccccc2)C(=O)O)cc1OC(=O)OC(C)CCC. The fraction of sp³-hybridized carbons (Fsp3) is 0.484. The molecule has 0 aliphatic heterocycles. The van der Waals surface area contributed by atoms with Crippen LogP contribution in [0.15, 0.2) is 48.5 Å². The number of carbonyl (C=O) groups is 4. The molecule has 0 saturated heterocycles. The maximum atomic E-state index is 12.4. The third-order valence-electron chi connectivity index (χ3n) is 6.01. The summed E-state index contributed by atoms with van der Waals surface area (Å²) in [7, 11) is 0. The zero-order valence-electron chi connectivity index (χ0n) is 25.2. The van der Waals surface area contributed by atoms with Gasteiger partial charge < -0.3 is 38.8 Å². The van der Waals surface area contributed by atoms with Gasteiger partial charge in [0.15, 0.2) is 11.5 Å². The third kappa shape index (κ3) is 13.5. The second-order valence-electron chi connectivity index (χ2n) is 10.0. The van der Waals surface area contributed by atoms with E-state index in [4.69, 9.17) is 28.4 Å². The number of nitrogens with one attached hydrogen (secondary N) is 1. The topological polar surface area (TPSA) is 156 Å². The standard InChI is InChI=1S/C31H41NO11/c1-6-11-20(3)38-30(36)42-26-16-15-23(18-27(26)43-31(37)39-21(4)12-7-2)17-25(28(33)34)32-19-22(5)40-29(35)41-24-13-9-8-10-14-24/h8-10,13-16,18,20-22,25,32H,6-7,11-12,17,19H2,1-5H3,(H,33,34)/t20?,21?,22?,25-/m0/s1. The van der Waals surface area contributed by atoms with Gasteiger partial charge in [0.2, 0.25) is 0 Å². The number of carboxylic acids is 1. The lowest BCUT2D eigenvalue weighted by atomic mass is 10.0. The van der Waals surface area contributed by atoms with Crippen molar-refractivity contribution >= 4 is 24.4 Å². The summed E-state index contributed by atoms with van der Waals surface area (Å²) >= 11 is 0. The van der Waals surface area contributed by atoms with E-state index < -0.39 is 42.7 Å². The molecule has 2 N–H and O–H groups in total. The van der Waals surface area contributed by atoms with Crippen molar-refractivity contribution in [2.24, 2.45) is 0 Å². The molecule has 0 bridgehead atoms. The van der Waals surface area contributed by atoms with E-state index in [0.29, 0.717) is 24.2 Å². The van der Waals surface area contributed by atoms with Gasteiger partial charge in [0, 0.05) is 6.54 Å². The van der Waals surface area contributed by atoms with Gasteiger partial charge in [-0.15, -0.1) is 0 Å². The van der Waals surface area contributed by atoms with Crippen molar-refractivity contribution in [1.29, 1.82) is 0 Å². The number of hydrogen-bond acceptors (Lipinski definition) is 11. The normalized spacial score (nSPS) is 13.5. The molecule has 0 aromatic heterocycles. The Morgan fingerprint density at radius 3 is 1.81 bits per heavy atom. The summed E-state index contributed by atoms with van der Waals surface area (Å²) in [6, 6.07) is 11.6. The molecule has 0 aliphatic rings. The minimum Gasteiger partial charge on any atom is -0.480 e. The molecule has 12 heteroatoms. The lowest BCUT2D eigenvalue weighted by molar-refractivity contribution is -0.139. The molecule has 0 radical (unpaired) electrons. The van der Waals surface area contributed by atoms with Gasteiger partial charge in [-0.05, 0) is 69.9 Å². The predicted octanol–water partition coefficient (Wildman–Crippen LogP) is 6.28. The first kappa shape index (κ1) is 34.9. The van der Waals surface area contributed by atoms with Crippen LogP contribution in [0.4, 0.5) is 14.4 Å². The van der Waals surface area contributed by atoms with Crippen molar-refractivity contribution in [1.82, 2.24) is 5.32 Å². The van der Waals surface area contributed by atoms with Crippen LogP contribution in [-0.4, -0.2) is 60.4 Å². The average molecular weight is 604 g/mol. The van der Waals surface area contributed by atoms with Crippen LogP contribution in [0.2, 0.25) is 0 Å². The zero-order chi connectivity index (χ0) is 31.8. The first-order valence-corrected chi connectivity index (χ1v) is 14.3. The van der Waals surface area contributed by atoms with Crippen molar-refractivity contribution in [2.45, 2.75) is 91.1 Å². The molecule has 2 rings (SSSR count). The molecule has 4 atom stereocenters. The summed E-state index contributed by atoms with van der Waals surface area (Å²) in [5.74, 6) is -1.09. The molecule has 3 unspecified atom stereocenters. The maximum Gasteiger partial charge on any atom is 0.514 e. The highest BCUT2D eigenvalue weighted by Gasteiger charge is 2.23. The van der Waals surface area contributed by atoms with E-state index in [9.17, 15) is 24.3 Å². The highest BCUT2D eigenvalue weighted by molar-refractivity contribution is 5.74. The van der Waals surface area contributed by atoms with Crippen LogP contribution in [0.3, 0.4) is 0 Å². The summed E-state index contributed by atoms with van der Waals surface area (Å²) in [6.45, 7) is 8.95. The van der Waals surface area contributed by atoms with E-state index in [1.807, 2.05) is 13.8 Å². The Balaban J connectivity index is 2.10. The van der Waals surface area contributed by atoms with Crippen molar-refractivity contribution < 1.29 is 52.7 Å². The van der Waals surface area contributed by atoms with Gasteiger partial charge in [-0.25, -0.2) is 14.4 Å². The Morgan fingerprint density at radius 2 is 1.26 bits per heavy atom. The fourth-order valence-electron chi connectivity index (χ4n) is 3.94. The zero-order valence-corrected chi connectivity index (χ0v) is 25.2. The highest BCUT2D eigenvalue weighted by Crippen LogP contribution is 2.30. The molecule has 0 amide bonds. The Hall–Kier alpha value is -4.32. The van der Waals surface area contributed by atoms with E-state index >= 15 is 0 Å². The number of carbonyl (C=O) groups excluding carboxylic acids is 3. The number of ether oxygens (including phenoxy) is 6. The largest absolute Gasteiger partial charge is 0.514 e. The Labute approximate surface area is 251 Å². The molecule has 2 aromatic rings. The van der Waals surface area contributed by atoms with Crippen LogP contribution < -0.4 is 19.5 Å². The monoisotopic (exact) mass is 603 g/mol. The van der Waals surface area contributed by atoms with Gasteiger partial charge in [-0.2, -0.15) is 0 Å². The van der Waals surface area contributed by atoms with E-state index in [-0.39, 0.29) is 30.6 Å². The molecule has 0 heterocycles. The van der Waals surface area contributed by atoms with Gasteiger partial charge in [0.1, 0.15) is 30.1 Å². The number of hydrogen-bond donors (Lipinski definition) is 2. The number of aliphatic carboxylic acids is 1. The highest BCUT2D eigenvalue weighted by atomic mass is 16.8. The van der Waals surface area contributed by atoms with Gasteiger partial charge in [0.25, 0.3) is 0 Å². The van der Waals surface area contributed by atoms with Gasteiger partial charge in [-0.1, -0.05) is 51.0 Å². The summed E-state index contributed by atoms with van der Waals surface area (Å²) < 4.78 is 31.4. The summed E-state index contributed by atoms with van der Waals surface area (Å²) in [4.78, 5) is 48.8. The molecule has 0 aliphatic carbocycles. The minimum absolute atomic E-state index is 0.00877. The number of carboxylic acid groups (broad SMARTS) is 1. The smallest absolute Gasteiger partial charge is 0.480 e. The first-order chi connectivity index (χ1) is 20.5. The van der Waals surface area contributed by atoms with Crippen LogP contribution in [0.5, 0.6) is 17.2 Å². The van der Waals surface area contributed by atoms with E-state index in [1.165, 1.54) is 18.2 Å². The summed E-state index contributed by atoms with van der Waals surface area (Å²) in [5, 5.41) is 12.7. The average Bonchev–Trinajstić information content (AvgIpc) is 2.92. The van der Waals surface area contributed by atoms with Gasteiger partial charge >= 0.3 is 24.4 Å².